The van der Waals surface area contributed by atoms with Crippen LogP contribution in [0.1, 0.15) is 51.6 Å². The second kappa shape index (κ2) is 10.8. The molecule has 5 rings (SSSR count). The van der Waals surface area contributed by atoms with Crippen LogP contribution >= 0.6 is 0 Å². The van der Waals surface area contributed by atoms with Crippen LogP contribution in [0.3, 0.4) is 0 Å². The summed E-state index contributed by atoms with van der Waals surface area (Å²) in [4.78, 5) is 22.0. The van der Waals surface area contributed by atoms with Crippen molar-refractivity contribution >= 4 is 11.6 Å². The third kappa shape index (κ3) is 5.04. The maximum atomic E-state index is 14.3. The number of ether oxygens (including phenoxy) is 1. The number of aromatic nitrogens is 4. The second-order valence-electron chi connectivity index (χ2n) is 10.2. The predicted octanol–water partition coefficient (Wildman–Crippen LogP) is 4.22. The number of halogens is 3. The molecule has 3 aromatic heterocycles. The number of aliphatic hydroxyl groups is 1. The summed E-state index contributed by atoms with van der Waals surface area (Å²) >= 11 is 0. The summed E-state index contributed by atoms with van der Waals surface area (Å²) in [6.07, 6.45) is -3.59. The van der Waals surface area contributed by atoms with Gasteiger partial charge in [-0.15, -0.1) is 0 Å². The summed E-state index contributed by atoms with van der Waals surface area (Å²) in [7, 11) is 1.50. The van der Waals surface area contributed by atoms with Crippen molar-refractivity contribution in [3.8, 4) is 17.0 Å². The molecular weight excluding hydrogens is 541 g/mol. The predicted molar refractivity (Wildman–Crippen MR) is 143 cm³/mol. The standard InChI is InChI=1S/C28H31F3N6O4/c1-15-13-35(22(14-38)23-17(3)34-41-18(23)4)10-11-36(15)27(39)21-12-32-37-25(28(29,30)31)16(2)24(33-26(21)37)19-6-8-20(40-5)9-7-19/h6-9,12,15,22,38H,10-11,13-14H2,1-5H3/t15-,22+/m1/s1. The monoisotopic (exact) mass is 572 g/mol. The number of fused-ring (bicyclic) bond motifs is 1. The van der Waals surface area contributed by atoms with Gasteiger partial charge >= 0.3 is 6.18 Å². The van der Waals surface area contributed by atoms with Gasteiger partial charge in [0.05, 0.1) is 37.3 Å². The summed E-state index contributed by atoms with van der Waals surface area (Å²) in [6, 6.07) is 5.86. The quantitative estimate of drug-likeness (QED) is 0.366. The molecule has 0 saturated carbocycles. The zero-order valence-electron chi connectivity index (χ0n) is 23.4. The van der Waals surface area contributed by atoms with Crippen molar-refractivity contribution in [3.63, 3.8) is 0 Å². The van der Waals surface area contributed by atoms with Crippen molar-refractivity contribution < 1.29 is 32.3 Å². The number of piperazine rings is 1. The first-order valence-corrected chi connectivity index (χ1v) is 13.1. The Kier molecular flexibility index (Phi) is 7.51. The molecule has 41 heavy (non-hydrogen) atoms. The molecule has 13 heteroatoms. The van der Waals surface area contributed by atoms with Crippen LogP contribution in [-0.2, 0) is 6.18 Å². The van der Waals surface area contributed by atoms with Crippen molar-refractivity contribution in [1.82, 2.24) is 29.6 Å². The van der Waals surface area contributed by atoms with Gasteiger partial charge in [0.2, 0.25) is 0 Å². The van der Waals surface area contributed by atoms with E-state index in [1.165, 1.54) is 14.0 Å². The van der Waals surface area contributed by atoms with Gasteiger partial charge in [0.1, 0.15) is 17.1 Å². The minimum Gasteiger partial charge on any atom is -0.497 e. The summed E-state index contributed by atoms with van der Waals surface area (Å²) in [5.74, 6) is 0.707. The SMILES string of the molecule is COc1ccc(-c2nc3c(C(=O)N4CCN([C@@H](CO)c5c(C)noc5C)C[C@H]4C)cnn3c(C(F)(F)F)c2C)cc1. The summed E-state index contributed by atoms with van der Waals surface area (Å²) in [5, 5.41) is 18.1. The van der Waals surface area contributed by atoms with E-state index in [0.717, 1.165) is 11.8 Å². The van der Waals surface area contributed by atoms with Crippen LogP contribution in [0.25, 0.3) is 16.9 Å². The lowest BCUT2D eigenvalue weighted by molar-refractivity contribution is -0.143. The smallest absolute Gasteiger partial charge is 0.433 e. The third-order valence-electron chi connectivity index (χ3n) is 7.70. The normalized spacial score (nSPS) is 17.3. The molecule has 4 heterocycles. The Hall–Kier alpha value is -3.97. The molecule has 1 aliphatic heterocycles. The zero-order chi connectivity index (χ0) is 29.6. The Labute approximate surface area is 234 Å². The van der Waals surface area contributed by atoms with Crippen LogP contribution in [0.2, 0.25) is 0 Å². The van der Waals surface area contributed by atoms with Gasteiger partial charge in [-0.2, -0.15) is 18.3 Å². The van der Waals surface area contributed by atoms with Gasteiger partial charge in [-0.25, -0.2) is 9.50 Å². The number of aliphatic hydroxyl groups excluding tert-OH is 1. The zero-order valence-corrected chi connectivity index (χ0v) is 23.4. The average Bonchev–Trinajstić information content (AvgIpc) is 3.50. The maximum Gasteiger partial charge on any atom is 0.433 e. The number of methoxy groups -OCH3 is 1. The Morgan fingerprint density at radius 2 is 1.90 bits per heavy atom. The first-order valence-electron chi connectivity index (χ1n) is 13.1. The first-order chi connectivity index (χ1) is 19.5. The molecule has 1 aliphatic rings. The van der Waals surface area contributed by atoms with Crippen LogP contribution in [0.4, 0.5) is 13.2 Å². The van der Waals surface area contributed by atoms with E-state index in [4.69, 9.17) is 9.26 Å². The van der Waals surface area contributed by atoms with E-state index in [1.54, 1.807) is 36.1 Å². The number of rotatable bonds is 6. The molecule has 1 fully saturated rings. The van der Waals surface area contributed by atoms with Gasteiger partial charge < -0.3 is 19.3 Å². The van der Waals surface area contributed by atoms with Gasteiger partial charge in [0.25, 0.3) is 5.91 Å². The van der Waals surface area contributed by atoms with E-state index < -0.39 is 17.8 Å². The minimum absolute atomic E-state index is 0.0185. The minimum atomic E-state index is -4.74. The van der Waals surface area contributed by atoms with Crippen molar-refractivity contribution in [1.29, 1.82) is 0 Å². The third-order valence-corrected chi connectivity index (χ3v) is 7.70. The van der Waals surface area contributed by atoms with Crippen LogP contribution in [0.15, 0.2) is 35.0 Å². The number of carbonyl (C=O) groups excluding carboxylic acids is 1. The highest BCUT2D eigenvalue weighted by Crippen LogP contribution is 2.37. The fraction of sp³-hybridized carbons (Fsp3) is 0.429. The molecule has 10 nitrogen and oxygen atoms in total. The lowest BCUT2D eigenvalue weighted by Gasteiger charge is -2.42. The summed E-state index contributed by atoms with van der Waals surface area (Å²) in [6.45, 7) is 7.80. The van der Waals surface area contributed by atoms with Crippen molar-refractivity contribution in [2.75, 3.05) is 33.4 Å². The molecule has 218 valence electrons. The Morgan fingerprint density at radius 3 is 2.46 bits per heavy atom. The largest absolute Gasteiger partial charge is 0.497 e. The number of aryl methyl sites for hydroxylation is 2. The maximum absolute atomic E-state index is 14.3. The lowest BCUT2D eigenvalue weighted by Crippen LogP contribution is -2.55. The highest BCUT2D eigenvalue weighted by atomic mass is 19.4. The Balaban J connectivity index is 1.50. The topological polar surface area (TPSA) is 109 Å². The van der Waals surface area contributed by atoms with Gasteiger partial charge in [0, 0.05) is 42.4 Å². The van der Waals surface area contributed by atoms with E-state index in [0.29, 0.717) is 46.9 Å². The van der Waals surface area contributed by atoms with E-state index in [1.807, 2.05) is 13.8 Å². The lowest BCUT2D eigenvalue weighted by atomic mass is 10.0. The molecule has 0 bridgehead atoms. The highest BCUT2D eigenvalue weighted by molar-refractivity contribution is 6.00. The van der Waals surface area contributed by atoms with Gasteiger partial charge in [-0.05, 0) is 52.0 Å². The molecule has 1 saturated heterocycles. The van der Waals surface area contributed by atoms with Crippen molar-refractivity contribution in [2.45, 2.75) is 46.0 Å². The molecule has 0 spiro atoms. The number of hydrogen-bond donors (Lipinski definition) is 1. The number of amides is 1. The fourth-order valence-corrected chi connectivity index (χ4v) is 5.67. The van der Waals surface area contributed by atoms with Crippen LogP contribution < -0.4 is 4.74 Å². The summed E-state index contributed by atoms with van der Waals surface area (Å²) < 4.78 is 54.1. The van der Waals surface area contributed by atoms with E-state index >= 15 is 0 Å². The van der Waals surface area contributed by atoms with Crippen molar-refractivity contribution in [2.24, 2.45) is 0 Å². The Bertz CT molecular complexity index is 1560. The number of carbonyl (C=O) groups is 1. The van der Waals surface area contributed by atoms with E-state index in [-0.39, 0.29) is 41.2 Å². The fourth-order valence-electron chi connectivity index (χ4n) is 5.67. The summed E-state index contributed by atoms with van der Waals surface area (Å²) in [5.41, 5.74) is 0.773. The number of benzene rings is 1. The first kappa shape index (κ1) is 28.6. The molecule has 2 atom stereocenters. The number of nitrogens with zero attached hydrogens (tertiary/aromatic N) is 6. The molecule has 1 N–H and O–H groups in total. The van der Waals surface area contributed by atoms with Crippen LogP contribution in [0, 0.1) is 20.8 Å². The number of hydrogen-bond acceptors (Lipinski definition) is 8. The molecule has 0 radical (unpaired) electrons. The van der Waals surface area contributed by atoms with Gasteiger partial charge in [0.15, 0.2) is 11.3 Å². The van der Waals surface area contributed by atoms with Crippen molar-refractivity contribution in [3.05, 3.63) is 64.3 Å². The molecule has 1 aromatic carbocycles. The molecule has 1 amide bonds. The van der Waals surface area contributed by atoms with Gasteiger partial charge in [-0.1, -0.05) is 5.16 Å². The molecular formula is C28H31F3N6O4. The molecule has 0 unspecified atom stereocenters. The molecule has 0 aliphatic carbocycles. The number of alkyl halides is 3. The second-order valence-corrected chi connectivity index (χ2v) is 10.2. The van der Waals surface area contributed by atoms with Crippen LogP contribution in [-0.4, -0.2) is 80.0 Å². The van der Waals surface area contributed by atoms with Gasteiger partial charge in [-0.3, -0.25) is 9.69 Å². The van der Waals surface area contributed by atoms with Crippen LogP contribution in [0.5, 0.6) is 5.75 Å². The highest BCUT2D eigenvalue weighted by Gasteiger charge is 2.40. The average molecular weight is 573 g/mol. The molecule has 4 aromatic rings. The Morgan fingerprint density at radius 1 is 1.20 bits per heavy atom. The van der Waals surface area contributed by atoms with E-state index in [2.05, 4.69) is 20.1 Å². The van der Waals surface area contributed by atoms with E-state index in [9.17, 15) is 23.1 Å².